The molecule has 2 aliphatic rings. The molecular formula is C57H94O14. The predicted molar refractivity (Wildman–Crippen MR) is 279 cm³/mol. The lowest BCUT2D eigenvalue weighted by Gasteiger charge is -2.42. The molecule has 2 fully saturated rings. The van der Waals surface area contributed by atoms with Crippen molar-refractivity contribution in [3.63, 3.8) is 0 Å². The third-order valence-corrected chi connectivity index (χ3v) is 12.1. The summed E-state index contributed by atoms with van der Waals surface area (Å²) in [5, 5.41) is 72.2. The topological polar surface area (TPSA) is 214 Å². The van der Waals surface area contributed by atoms with Gasteiger partial charge in [-0.05, 0) is 89.9 Å². The molecule has 2 heterocycles. The lowest BCUT2D eigenvalue weighted by atomic mass is 9.98. The molecule has 11 atom stereocenters. The summed E-state index contributed by atoms with van der Waals surface area (Å²) in [4.78, 5) is 13.0. The van der Waals surface area contributed by atoms with Gasteiger partial charge in [-0.2, -0.15) is 0 Å². The van der Waals surface area contributed by atoms with Gasteiger partial charge < -0.3 is 64.2 Å². The Bertz CT molecular complexity index is 1540. The van der Waals surface area contributed by atoms with Crippen molar-refractivity contribution in [2.24, 2.45) is 0 Å². The number of hydrogen-bond donors (Lipinski definition) is 7. The van der Waals surface area contributed by atoms with E-state index < -0.39 is 86.7 Å². The lowest BCUT2D eigenvalue weighted by molar-refractivity contribution is -0.332. The molecule has 0 amide bonds. The van der Waals surface area contributed by atoms with Crippen LogP contribution < -0.4 is 0 Å². The molecule has 14 nitrogen and oxygen atoms in total. The van der Waals surface area contributed by atoms with Gasteiger partial charge in [-0.15, -0.1) is 0 Å². The maximum Gasteiger partial charge on any atom is 0.306 e. The minimum absolute atomic E-state index is 0.0370. The van der Waals surface area contributed by atoms with Gasteiger partial charge >= 0.3 is 5.97 Å². The van der Waals surface area contributed by atoms with E-state index in [0.717, 1.165) is 103 Å². The first-order valence-corrected chi connectivity index (χ1v) is 26.8. The number of rotatable bonds is 41. The molecule has 0 bridgehead atoms. The zero-order valence-electron chi connectivity index (χ0n) is 43.2. The number of aliphatic hydroxyl groups excluding tert-OH is 7. The van der Waals surface area contributed by atoms with Crippen molar-refractivity contribution in [1.82, 2.24) is 0 Å². The van der Waals surface area contributed by atoms with Gasteiger partial charge in [-0.3, -0.25) is 4.79 Å². The Morgan fingerprint density at radius 3 is 1.45 bits per heavy atom. The monoisotopic (exact) mass is 1000 g/mol. The van der Waals surface area contributed by atoms with Crippen molar-refractivity contribution in [2.75, 3.05) is 33.0 Å². The quantitative estimate of drug-likeness (QED) is 0.0174. The highest BCUT2D eigenvalue weighted by Gasteiger charge is 2.47. The Balaban J connectivity index is 1.75. The summed E-state index contributed by atoms with van der Waals surface area (Å²) < 4.78 is 34.2. The van der Waals surface area contributed by atoms with E-state index >= 15 is 0 Å². The number of hydrogen-bond acceptors (Lipinski definition) is 14. The number of carbonyl (C=O) groups is 1. The average Bonchev–Trinajstić information content (AvgIpc) is 3.37. The molecule has 2 rings (SSSR count). The van der Waals surface area contributed by atoms with Crippen molar-refractivity contribution < 1.29 is 69.0 Å². The van der Waals surface area contributed by atoms with E-state index in [1.54, 1.807) is 0 Å². The first kappa shape index (κ1) is 64.0. The molecule has 0 radical (unpaired) electrons. The number of esters is 1. The van der Waals surface area contributed by atoms with Crippen LogP contribution in [0.25, 0.3) is 0 Å². The van der Waals surface area contributed by atoms with Crippen LogP contribution in [0, 0.1) is 0 Å². The summed E-state index contributed by atoms with van der Waals surface area (Å²) in [5.74, 6) is -0.415. The summed E-state index contributed by atoms with van der Waals surface area (Å²) in [6.07, 6.45) is 40.4. The largest absolute Gasteiger partial charge is 0.457 e. The fourth-order valence-electron chi connectivity index (χ4n) is 7.71. The predicted octanol–water partition coefficient (Wildman–Crippen LogP) is 8.63. The molecule has 71 heavy (non-hydrogen) atoms. The van der Waals surface area contributed by atoms with Gasteiger partial charge in [-0.1, -0.05) is 156 Å². The van der Waals surface area contributed by atoms with Crippen LogP contribution in [0.3, 0.4) is 0 Å². The minimum atomic E-state index is -1.72. The van der Waals surface area contributed by atoms with Gasteiger partial charge in [0.25, 0.3) is 0 Å². The molecule has 0 saturated carbocycles. The maximum atomic E-state index is 13.0. The van der Waals surface area contributed by atoms with E-state index in [0.29, 0.717) is 13.0 Å². The highest BCUT2D eigenvalue weighted by molar-refractivity contribution is 5.69. The van der Waals surface area contributed by atoms with Crippen molar-refractivity contribution in [2.45, 2.75) is 223 Å². The molecule has 2 saturated heterocycles. The molecule has 0 aliphatic carbocycles. The summed E-state index contributed by atoms with van der Waals surface area (Å²) in [7, 11) is 0. The Labute approximate surface area is 426 Å². The maximum absolute atomic E-state index is 13.0. The SMILES string of the molecule is CC/C=C\C/C=C\C/C=C\C/C=C\C/C=C\C/C=C\C/C=C\CCCCCC(=O)OC(COCCCCCCCC/C=C\CCCC)COC1OC(COC2OC(CO)C(O)C(O)C2O)C(O)C(O)C1O. The van der Waals surface area contributed by atoms with Gasteiger partial charge in [0.15, 0.2) is 12.6 Å². The lowest BCUT2D eigenvalue weighted by Crippen LogP contribution is -2.61. The highest BCUT2D eigenvalue weighted by atomic mass is 16.7. The summed E-state index contributed by atoms with van der Waals surface area (Å²) in [6, 6.07) is 0. The summed E-state index contributed by atoms with van der Waals surface area (Å²) in [5.41, 5.74) is 0. The Hall–Kier alpha value is -3.09. The number of aliphatic hydroxyl groups is 7. The smallest absolute Gasteiger partial charge is 0.306 e. The number of carbonyl (C=O) groups excluding carboxylic acids is 1. The van der Waals surface area contributed by atoms with Crippen LogP contribution in [0.1, 0.15) is 155 Å². The second-order valence-corrected chi connectivity index (χ2v) is 18.3. The number of unbranched alkanes of at least 4 members (excludes halogenated alkanes) is 11. The van der Waals surface area contributed by atoms with Crippen molar-refractivity contribution >= 4 is 5.97 Å². The minimum Gasteiger partial charge on any atom is -0.457 e. The molecule has 7 N–H and O–H groups in total. The first-order valence-electron chi connectivity index (χ1n) is 26.8. The second-order valence-electron chi connectivity index (χ2n) is 18.3. The average molecular weight is 1000 g/mol. The van der Waals surface area contributed by atoms with E-state index in [9.17, 15) is 40.5 Å². The Morgan fingerprint density at radius 2 is 0.915 bits per heavy atom. The van der Waals surface area contributed by atoms with Gasteiger partial charge in [0, 0.05) is 13.0 Å². The summed E-state index contributed by atoms with van der Waals surface area (Å²) in [6.45, 7) is 3.45. The van der Waals surface area contributed by atoms with E-state index in [-0.39, 0.29) is 19.6 Å². The van der Waals surface area contributed by atoms with Crippen molar-refractivity contribution in [3.05, 3.63) is 97.2 Å². The second kappa shape index (κ2) is 43.3. The molecule has 0 aromatic carbocycles. The molecule has 0 spiro atoms. The first-order chi connectivity index (χ1) is 34.6. The zero-order chi connectivity index (χ0) is 51.6. The molecule has 14 heteroatoms. The van der Waals surface area contributed by atoms with E-state index in [2.05, 4.69) is 111 Å². The van der Waals surface area contributed by atoms with Gasteiger partial charge in [0.1, 0.15) is 54.9 Å². The molecule has 0 aromatic rings. The Morgan fingerprint density at radius 1 is 0.479 bits per heavy atom. The van der Waals surface area contributed by atoms with Crippen LogP contribution in [0.5, 0.6) is 0 Å². The van der Waals surface area contributed by atoms with E-state index in [4.69, 9.17) is 28.4 Å². The van der Waals surface area contributed by atoms with Crippen LogP contribution in [-0.4, -0.2) is 142 Å². The number of ether oxygens (including phenoxy) is 6. The molecular weight excluding hydrogens is 909 g/mol. The van der Waals surface area contributed by atoms with Crippen molar-refractivity contribution in [1.29, 1.82) is 0 Å². The summed E-state index contributed by atoms with van der Waals surface area (Å²) >= 11 is 0. The van der Waals surface area contributed by atoms with Crippen LogP contribution >= 0.6 is 0 Å². The van der Waals surface area contributed by atoms with Gasteiger partial charge in [0.05, 0.1) is 26.4 Å². The van der Waals surface area contributed by atoms with Crippen LogP contribution in [0.15, 0.2) is 97.2 Å². The van der Waals surface area contributed by atoms with E-state index in [1.165, 1.54) is 25.7 Å². The molecule has 406 valence electrons. The normalized spacial score (nSPS) is 26.1. The number of allylic oxidation sites excluding steroid dienone is 16. The van der Waals surface area contributed by atoms with Crippen LogP contribution in [0.2, 0.25) is 0 Å². The fraction of sp³-hybridized carbons (Fsp3) is 0.702. The Kier molecular flexibility index (Phi) is 39.1. The third-order valence-electron chi connectivity index (χ3n) is 12.1. The third kappa shape index (κ3) is 30.6. The van der Waals surface area contributed by atoms with Crippen molar-refractivity contribution in [3.8, 4) is 0 Å². The van der Waals surface area contributed by atoms with Gasteiger partial charge in [0.2, 0.25) is 0 Å². The van der Waals surface area contributed by atoms with Gasteiger partial charge in [-0.25, -0.2) is 0 Å². The highest BCUT2D eigenvalue weighted by Crippen LogP contribution is 2.26. The van der Waals surface area contributed by atoms with Crippen LogP contribution in [-0.2, 0) is 33.2 Å². The van der Waals surface area contributed by atoms with E-state index in [1.807, 2.05) is 0 Å². The molecule has 2 aliphatic heterocycles. The standard InChI is InChI=1S/C57H94O14/c1-3-5-7-9-11-13-15-17-18-19-20-21-22-23-24-25-26-27-28-29-30-32-34-36-38-40-49(59)69-46(43-66-41-39-37-35-33-31-16-14-12-10-8-6-4-2)44-67-56-55(65)53(63)51(61)48(71-56)45-68-57-54(64)52(62)50(60)47(42-58)70-57/h5,7,10-13,17-18,20-21,23-24,26-27,29-30,46-48,50-58,60-65H,3-4,6,8-9,14-16,19,22,25,28,31-45H2,1-2H3/b7-5-,12-10-,13-11-,18-17-,21-20-,24-23-,27-26-,30-29-. The zero-order valence-corrected chi connectivity index (χ0v) is 43.2. The molecule has 11 unspecified atom stereocenters. The fourth-order valence-corrected chi connectivity index (χ4v) is 7.71. The molecule has 0 aromatic heterocycles. The van der Waals surface area contributed by atoms with Crippen LogP contribution in [0.4, 0.5) is 0 Å².